The average Bonchev–Trinajstić information content (AvgIpc) is 2.32. The number of carboxylic acid groups (broad SMARTS) is 1. The second-order valence-corrected chi connectivity index (χ2v) is 2.16. The maximum atomic E-state index is 12.7. The normalized spacial score (nSPS) is 11.5. The summed E-state index contributed by atoms with van der Waals surface area (Å²) in [5.41, 5.74) is -0.662. The highest BCUT2D eigenvalue weighted by atomic mass is 19.3. The number of hydrogen-bond acceptors (Lipinski definition) is 3. The summed E-state index contributed by atoms with van der Waals surface area (Å²) in [6, 6.07) is 0.933. The largest absolute Gasteiger partial charge is 0.481 e. The van der Waals surface area contributed by atoms with Crippen LogP contribution in [0.15, 0.2) is 16.9 Å². The first-order valence-electron chi connectivity index (χ1n) is 3.03. The molecule has 66 valence electrons. The van der Waals surface area contributed by atoms with E-state index in [2.05, 4.69) is 9.68 Å². The van der Waals surface area contributed by atoms with Gasteiger partial charge in [-0.2, -0.15) is 8.78 Å². The van der Waals surface area contributed by atoms with Crippen LogP contribution in [0.2, 0.25) is 0 Å². The maximum absolute atomic E-state index is 12.7. The van der Waals surface area contributed by atoms with Gasteiger partial charge in [0, 0.05) is 6.07 Å². The third kappa shape index (κ3) is 1.77. The molecule has 1 aromatic rings. The molecule has 0 aliphatic rings. The molecule has 6 heteroatoms. The van der Waals surface area contributed by atoms with E-state index in [0.29, 0.717) is 0 Å². The predicted molar refractivity (Wildman–Crippen MR) is 32.6 cm³/mol. The molecule has 0 atom stereocenters. The fourth-order valence-corrected chi connectivity index (χ4v) is 0.682. The highest BCUT2D eigenvalue weighted by Crippen LogP contribution is 2.29. The number of hydrogen-bond donors (Lipinski definition) is 1. The van der Waals surface area contributed by atoms with Gasteiger partial charge < -0.3 is 9.63 Å². The summed E-state index contributed by atoms with van der Waals surface area (Å²) in [4.78, 5) is 9.97. The second-order valence-electron chi connectivity index (χ2n) is 2.16. The molecule has 1 N–H and O–H groups in total. The van der Waals surface area contributed by atoms with Crippen molar-refractivity contribution < 1.29 is 23.2 Å². The van der Waals surface area contributed by atoms with Crippen molar-refractivity contribution >= 4 is 5.97 Å². The van der Waals surface area contributed by atoms with Gasteiger partial charge in [-0.3, -0.25) is 4.79 Å². The molecule has 0 aromatic carbocycles. The maximum Gasteiger partial charge on any atom is 0.309 e. The summed E-state index contributed by atoms with van der Waals surface area (Å²) in [6.07, 6.45) is -0.315. The van der Waals surface area contributed by atoms with Crippen LogP contribution < -0.4 is 0 Å². The molecule has 1 rings (SSSR count). The monoisotopic (exact) mass is 177 g/mol. The number of carboxylic acids is 1. The Hall–Kier alpha value is -1.46. The standard InChI is InChI=1S/C6H5F2NO3/c7-6(8,3-5(10)11)4-1-2-12-9-4/h1-2H,3H2,(H,10,11). The topological polar surface area (TPSA) is 63.3 Å². The average molecular weight is 177 g/mol. The van der Waals surface area contributed by atoms with Gasteiger partial charge in [-0.25, -0.2) is 0 Å². The van der Waals surface area contributed by atoms with Gasteiger partial charge in [0.25, 0.3) is 0 Å². The van der Waals surface area contributed by atoms with Crippen LogP contribution >= 0.6 is 0 Å². The van der Waals surface area contributed by atoms with Crippen LogP contribution in [0.1, 0.15) is 12.1 Å². The Kier molecular flexibility index (Phi) is 2.07. The van der Waals surface area contributed by atoms with Crippen molar-refractivity contribution in [1.82, 2.24) is 5.16 Å². The zero-order valence-corrected chi connectivity index (χ0v) is 5.83. The van der Waals surface area contributed by atoms with Crippen LogP contribution in [0, 0.1) is 0 Å². The zero-order chi connectivity index (χ0) is 9.19. The third-order valence-electron chi connectivity index (χ3n) is 1.19. The van der Waals surface area contributed by atoms with E-state index in [1.54, 1.807) is 0 Å². The summed E-state index contributed by atoms with van der Waals surface area (Å²) in [5, 5.41) is 11.1. The Morgan fingerprint density at radius 2 is 2.42 bits per heavy atom. The molecule has 0 bridgehead atoms. The minimum absolute atomic E-state index is 0.662. The fourth-order valence-electron chi connectivity index (χ4n) is 0.682. The van der Waals surface area contributed by atoms with E-state index in [4.69, 9.17) is 5.11 Å². The van der Waals surface area contributed by atoms with Crippen LogP contribution in [-0.4, -0.2) is 16.2 Å². The predicted octanol–water partition coefficient (Wildman–Crippen LogP) is 1.24. The van der Waals surface area contributed by atoms with Gasteiger partial charge in [0.05, 0.1) is 0 Å². The van der Waals surface area contributed by atoms with Gasteiger partial charge in [0.2, 0.25) is 0 Å². The van der Waals surface area contributed by atoms with Gasteiger partial charge in [0.15, 0.2) is 5.69 Å². The Balaban J connectivity index is 2.79. The minimum atomic E-state index is -3.46. The number of aromatic nitrogens is 1. The van der Waals surface area contributed by atoms with E-state index in [0.717, 1.165) is 12.3 Å². The van der Waals surface area contributed by atoms with E-state index in [1.165, 1.54) is 0 Å². The highest BCUT2D eigenvalue weighted by molar-refractivity contribution is 5.68. The first-order valence-corrected chi connectivity index (χ1v) is 3.03. The second kappa shape index (κ2) is 2.88. The van der Waals surface area contributed by atoms with E-state index >= 15 is 0 Å². The molecule has 0 fully saturated rings. The lowest BCUT2D eigenvalue weighted by molar-refractivity contribution is -0.145. The molecule has 0 radical (unpaired) electrons. The van der Waals surface area contributed by atoms with E-state index in [9.17, 15) is 13.6 Å². The molecule has 0 saturated heterocycles. The summed E-state index contributed by atoms with van der Waals surface area (Å²) in [7, 11) is 0. The zero-order valence-electron chi connectivity index (χ0n) is 5.83. The van der Waals surface area contributed by atoms with Crippen LogP contribution in [0.4, 0.5) is 8.78 Å². The van der Waals surface area contributed by atoms with Crippen molar-refractivity contribution in [3.8, 4) is 0 Å². The molecule has 0 aliphatic carbocycles. The lowest BCUT2D eigenvalue weighted by Gasteiger charge is -2.08. The molecular weight excluding hydrogens is 172 g/mol. The number of nitrogens with zero attached hydrogens (tertiary/aromatic N) is 1. The Morgan fingerprint density at radius 1 is 1.75 bits per heavy atom. The molecule has 0 saturated carbocycles. The lowest BCUT2D eigenvalue weighted by atomic mass is 10.2. The summed E-state index contributed by atoms with van der Waals surface area (Å²) in [6.45, 7) is 0. The molecule has 12 heavy (non-hydrogen) atoms. The van der Waals surface area contributed by atoms with Crippen molar-refractivity contribution in [2.45, 2.75) is 12.3 Å². The highest BCUT2D eigenvalue weighted by Gasteiger charge is 2.37. The van der Waals surface area contributed by atoms with Crippen molar-refractivity contribution in [1.29, 1.82) is 0 Å². The quantitative estimate of drug-likeness (QED) is 0.754. The SMILES string of the molecule is O=C(O)CC(F)(F)c1ccon1. The first-order chi connectivity index (χ1) is 5.52. The van der Waals surface area contributed by atoms with Gasteiger partial charge in [0.1, 0.15) is 12.7 Å². The summed E-state index contributed by atoms with van der Waals surface area (Å²) in [5.74, 6) is -5.04. The molecule has 1 heterocycles. The van der Waals surface area contributed by atoms with Crippen molar-refractivity contribution in [3.63, 3.8) is 0 Å². The van der Waals surface area contributed by atoms with Gasteiger partial charge >= 0.3 is 11.9 Å². The number of rotatable bonds is 3. The van der Waals surface area contributed by atoms with E-state index in [1.807, 2.05) is 0 Å². The van der Waals surface area contributed by atoms with Crippen LogP contribution in [0.5, 0.6) is 0 Å². The molecule has 0 unspecified atom stereocenters. The summed E-state index contributed by atoms with van der Waals surface area (Å²) < 4.78 is 29.6. The fraction of sp³-hybridized carbons (Fsp3) is 0.333. The van der Waals surface area contributed by atoms with Crippen LogP contribution in [0.3, 0.4) is 0 Å². The third-order valence-corrected chi connectivity index (χ3v) is 1.19. The minimum Gasteiger partial charge on any atom is -0.481 e. The molecule has 0 amide bonds. The molecule has 0 spiro atoms. The van der Waals surface area contributed by atoms with Gasteiger partial charge in [-0.05, 0) is 0 Å². The Morgan fingerprint density at radius 3 is 2.83 bits per heavy atom. The van der Waals surface area contributed by atoms with E-state index < -0.39 is 24.0 Å². The van der Waals surface area contributed by atoms with Crippen LogP contribution in [-0.2, 0) is 10.7 Å². The van der Waals surface area contributed by atoms with Crippen LogP contribution in [0.25, 0.3) is 0 Å². The molecule has 1 aromatic heterocycles. The molecule has 0 aliphatic heterocycles. The Bertz CT molecular complexity index is 270. The summed E-state index contributed by atoms with van der Waals surface area (Å²) >= 11 is 0. The molecular formula is C6H5F2NO3. The van der Waals surface area contributed by atoms with Crippen molar-refractivity contribution in [3.05, 3.63) is 18.0 Å². The lowest BCUT2D eigenvalue weighted by Crippen LogP contribution is -2.18. The van der Waals surface area contributed by atoms with Crippen molar-refractivity contribution in [2.24, 2.45) is 0 Å². The smallest absolute Gasteiger partial charge is 0.309 e. The number of carbonyl (C=O) groups is 1. The number of aliphatic carboxylic acids is 1. The van der Waals surface area contributed by atoms with E-state index in [-0.39, 0.29) is 0 Å². The van der Waals surface area contributed by atoms with Gasteiger partial charge in [-0.15, -0.1) is 0 Å². The van der Waals surface area contributed by atoms with Crippen molar-refractivity contribution in [2.75, 3.05) is 0 Å². The first kappa shape index (κ1) is 8.63. The Labute approximate surface area is 65.8 Å². The number of halogens is 2. The number of alkyl halides is 2. The molecule has 4 nitrogen and oxygen atoms in total. The van der Waals surface area contributed by atoms with Gasteiger partial charge in [-0.1, -0.05) is 5.16 Å².